The highest BCUT2D eigenvalue weighted by atomic mass is 32.1. The molecule has 5 heteroatoms. The molecule has 1 N–H and O–H groups in total. The highest BCUT2D eigenvalue weighted by Crippen LogP contribution is 2.32. The van der Waals surface area contributed by atoms with E-state index in [1.807, 2.05) is 72.9 Å². The van der Waals surface area contributed by atoms with Crippen molar-refractivity contribution in [3.63, 3.8) is 0 Å². The molecule has 1 amide bonds. The van der Waals surface area contributed by atoms with Gasteiger partial charge in [0.15, 0.2) is 0 Å². The SMILES string of the molecule is CCOc1ccccc1NC(=O)[C@H](c1ccccc1)N1CCc2sccc2C1. The van der Waals surface area contributed by atoms with Crippen molar-refractivity contribution in [3.05, 3.63) is 82.0 Å². The maximum absolute atomic E-state index is 13.4. The van der Waals surface area contributed by atoms with Crippen LogP contribution in [0, 0.1) is 0 Å². The average Bonchev–Trinajstić information content (AvgIpc) is 3.19. The first-order chi connectivity index (χ1) is 13.8. The highest BCUT2D eigenvalue weighted by Gasteiger charge is 2.31. The van der Waals surface area contributed by atoms with E-state index in [9.17, 15) is 4.79 Å². The van der Waals surface area contributed by atoms with E-state index in [1.54, 1.807) is 0 Å². The third-order valence-electron chi connectivity index (χ3n) is 5.01. The molecular weight excluding hydrogens is 368 g/mol. The van der Waals surface area contributed by atoms with Crippen LogP contribution in [0.3, 0.4) is 0 Å². The number of carbonyl (C=O) groups is 1. The first kappa shape index (κ1) is 18.7. The molecule has 3 aromatic rings. The van der Waals surface area contributed by atoms with Gasteiger partial charge in [0.05, 0.1) is 12.3 Å². The van der Waals surface area contributed by atoms with Gasteiger partial charge < -0.3 is 10.1 Å². The third kappa shape index (κ3) is 3.96. The molecule has 144 valence electrons. The summed E-state index contributed by atoms with van der Waals surface area (Å²) in [6, 6.07) is 19.5. The van der Waals surface area contributed by atoms with E-state index >= 15 is 0 Å². The van der Waals surface area contributed by atoms with Crippen molar-refractivity contribution >= 4 is 22.9 Å². The number of carbonyl (C=O) groups excluding carboxylic acids is 1. The number of ether oxygens (including phenoxy) is 1. The van der Waals surface area contributed by atoms with Crippen LogP contribution in [-0.4, -0.2) is 24.0 Å². The van der Waals surface area contributed by atoms with Gasteiger partial charge in [-0.1, -0.05) is 42.5 Å². The summed E-state index contributed by atoms with van der Waals surface area (Å²) in [5.41, 5.74) is 3.05. The van der Waals surface area contributed by atoms with E-state index in [2.05, 4.69) is 21.7 Å². The first-order valence-corrected chi connectivity index (χ1v) is 10.5. The van der Waals surface area contributed by atoms with Gasteiger partial charge in [0.1, 0.15) is 11.8 Å². The van der Waals surface area contributed by atoms with Gasteiger partial charge in [-0.15, -0.1) is 11.3 Å². The Morgan fingerprint density at radius 3 is 2.75 bits per heavy atom. The molecule has 4 nitrogen and oxygen atoms in total. The van der Waals surface area contributed by atoms with Crippen LogP contribution < -0.4 is 10.1 Å². The van der Waals surface area contributed by atoms with Crippen LogP contribution in [-0.2, 0) is 17.8 Å². The van der Waals surface area contributed by atoms with Crippen molar-refractivity contribution in [2.24, 2.45) is 0 Å². The minimum absolute atomic E-state index is 0.0305. The summed E-state index contributed by atoms with van der Waals surface area (Å²) in [4.78, 5) is 17.1. The Morgan fingerprint density at radius 2 is 1.93 bits per heavy atom. The van der Waals surface area contributed by atoms with Crippen molar-refractivity contribution in [2.75, 3.05) is 18.5 Å². The number of hydrogen-bond donors (Lipinski definition) is 1. The Balaban J connectivity index is 1.62. The van der Waals surface area contributed by atoms with Gasteiger partial charge in [0.2, 0.25) is 5.91 Å². The molecule has 0 spiro atoms. The van der Waals surface area contributed by atoms with Crippen molar-refractivity contribution < 1.29 is 9.53 Å². The lowest BCUT2D eigenvalue weighted by Crippen LogP contribution is -2.40. The molecule has 4 rings (SSSR count). The van der Waals surface area contributed by atoms with Gasteiger partial charge in [-0.25, -0.2) is 0 Å². The predicted molar refractivity (Wildman–Crippen MR) is 114 cm³/mol. The number of para-hydroxylation sites is 2. The molecule has 0 saturated heterocycles. The van der Waals surface area contributed by atoms with Crippen LogP contribution in [0.1, 0.15) is 29.0 Å². The summed E-state index contributed by atoms with van der Waals surface area (Å²) in [7, 11) is 0. The molecule has 0 unspecified atom stereocenters. The van der Waals surface area contributed by atoms with Crippen molar-refractivity contribution in [1.82, 2.24) is 4.90 Å². The summed E-state index contributed by atoms with van der Waals surface area (Å²) in [6.07, 6.45) is 0.985. The standard InChI is InChI=1S/C23H24N2O2S/c1-2-27-20-11-7-6-10-19(20)24-23(26)22(17-8-4-3-5-9-17)25-14-12-21-18(16-25)13-15-28-21/h3-11,13,15,22H,2,12,14,16H2,1H3,(H,24,26)/t22-/m0/s1. The minimum Gasteiger partial charge on any atom is -0.492 e. The summed E-state index contributed by atoms with van der Waals surface area (Å²) < 4.78 is 5.68. The van der Waals surface area contributed by atoms with Crippen LogP contribution in [0.2, 0.25) is 0 Å². The molecule has 2 aromatic carbocycles. The zero-order chi connectivity index (χ0) is 19.3. The summed E-state index contributed by atoms with van der Waals surface area (Å²) in [5, 5.41) is 5.25. The van der Waals surface area contributed by atoms with E-state index in [4.69, 9.17) is 4.74 Å². The van der Waals surface area contributed by atoms with Gasteiger partial charge in [-0.3, -0.25) is 9.69 Å². The van der Waals surface area contributed by atoms with Gasteiger partial charge >= 0.3 is 0 Å². The summed E-state index contributed by atoms with van der Waals surface area (Å²) >= 11 is 1.81. The number of anilines is 1. The maximum Gasteiger partial charge on any atom is 0.246 e. The first-order valence-electron chi connectivity index (χ1n) is 9.63. The van der Waals surface area contributed by atoms with Crippen LogP contribution in [0.5, 0.6) is 5.75 Å². The predicted octanol–water partition coefficient (Wildman–Crippen LogP) is 4.88. The number of rotatable bonds is 6. The minimum atomic E-state index is -0.344. The Kier molecular flexibility index (Phi) is 5.74. The molecule has 0 fully saturated rings. The number of benzene rings is 2. The number of nitrogens with one attached hydrogen (secondary N) is 1. The Labute approximate surface area is 169 Å². The summed E-state index contributed by atoms with van der Waals surface area (Å²) in [5.74, 6) is 0.668. The number of fused-ring (bicyclic) bond motifs is 1. The Hall–Kier alpha value is -2.63. The third-order valence-corrected chi connectivity index (χ3v) is 6.03. The van der Waals surface area contributed by atoms with E-state index in [0.717, 1.165) is 25.1 Å². The molecule has 1 aliphatic heterocycles. The van der Waals surface area contributed by atoms with Gasteiger partial charge in [0, 0.05) is 18.0 Å². The van der Waals surface area contributed by atoms with Gasteiger partial charge in [-0.2, -0.15) is 0 Å². The van der Waals surface area contributed by atoms with E-state index < -0.39 is 0 Å². The van der Waals surface area contributed by atoms with Gasteiger partial charge in [-0.05, 0) is 48.1 Å². The van der Waals surface area contributed by atoms with E-state index in [1.165, 1.54) is 10.4 Å². The number of hydrogen-bond acceptors (Lipinski definition) is 4. The lowest BCUT2D eigenvalue weighted by atomic mass is 10.0. The van der Waals surface area contributed by atoms with Crippen LogP contribution >= 0.6 is 11.3 Å². The van der Waals surface area contributed by atoms with Crippen LogP contribution in [0.25, 0.3) is 0 Å². The van der Waals surface area contributed by atoms with Crippen molar-refractivity contribution in [3.8, 4) is 5.75 Å². The Bertz CT molecular complexity index is 939. The maximum atomic E-state index is 13.4. The molecule has 1 aliphatic rings. The highest BCUT2D eigenvalue weighted by molar-refractivity contribution is 7.10. The quantitative estimate of drug-likeness (QED) is 0.650. The molecule has 2 heterocycles. The van der Waals surface area contributed by atoms with Crippen LogP contribution in [0.15, 0.2) is 66.0 Å². The average molecular weight is 393 g/mol. The fourth-order valence-electron chi connectivity index (χ4n) is 3.71. The smallest absolute Gasteiger partial charge is 0.246 e. The lowest BCUT2D eigenvalue weighted by Gasteiger charge is -2.34. The molecular formula is C23H24N2O2S. The Morgan fingerprint density at radius 1 is 1.14 bits per heavy atom. The zero-order valence-electron chi connectivity index (χ0n) is 15.9. The van der Waals surface area contributed by atoms with Crippen molar-refractivity contribution in [1.29, 1.82) is 0 Å². The molecule has 1 aromatic heterocycles. The number of amides is 1. The topological polar surface area (TPSA) is 41.6 Å². The second kappa shape index (κ2) is 8.59. The zero-order valence-corrected chi connectivity index (χ0v) is 16.7. The molecule has 0 bridgehead atoms. The van der Waals surface area contributed by atoms with E-state index in [0.29, 0.717) is 18.0 Å². The molecule has 0 radical (unpaired) electrons. The lowest BCUT2D eigenvalue weighted by molar-refractivity contribution is -0.122. The van der Waals surface area contributed by atoms with Crippen LogP contribution in [0.4, 0.5) is 5.69 Å². The monoisotopic (exact) mass is 392 g/mol. The molecule has 0 aliphatic carbocycles. The second-order valence-electron chi connectivity index (χ2n) is 6.82. The van der Waals surface area contributed by atoms with Crippen molar-refractivity contribution in [2.45, 2.75) is 25.9 Å². The normalized spacial score (nSPS) is 14.9. The molecule has 1 atom stereocenters. The molecule has 0 saturated carbocycles. The fraction of sp³-hybridized carbons (Fsp3) is 0.261. The number of nitrogens with zero attached hydrogens (tertiary/aromatic N) is 1. The summed E-state index contributed by atoms with van der Waals surface area (Å²) in [6.45, 7) is 4.16. The number of thiophene rings is 1. The fourth-order valence-corrected chi connectivity index (χ4v) is 4.60. The van der Waals surface area contributed by atoms with Gasteiger partial charge in [0.25, 0.3) is 0 Å². The largest absolute Gasteiger partial charge is 0.492 e. The molecule has 28 heavy (non-hydrogen) atoms. The second-order valence-corrected chi connectivity index (χ2v) is 7.82. The van der Waals surface area contributed by atoms with E-state index in [-0.39, 0.29) is 11.9 Å².